The summed E-state index contributed by atoms with van der Waals surface area (Å²) in [5, 5.41) is 3.35. The molecule has 2 atom stereocenters. The lowest BCUT2D eigenvalue weighted by atomic mass is 10.1. The lowest BCUT2D eigenvalue weighted by Gasteiger charge is -2.26. The third kappa shape index (κ3) is 2.01. The fourth-order valence-corrected chi connectivity index (χ4v) is 1.78. The summed E-state index contributed by atoms with van der Waals surface area (Å²) in [7, 11) is 4.19. The minimum atomic E-state index is 0.623. The van der Waals surface area contributed by atoms with Crippen molar-refractivity contribution in [1.82, 2.24) is 10.2 Å². The number of hydrogen-bond donors (Lipinski definition) is 1. The Bertz CT molecular complexity index is 165. The monoisotopic (exact) mass is 168 g/mol. The van der Waals surface area contributed by atoms with Crippen molar-refractivity contribution in [3.63, 3.8) is 0 Å². The molecule has 2 nitrogen and oxygen atoms in total. The van der Waals surface area contributed by atoms with Gasteiger partial charge in [-0.25, -0.2) is 0 Å². The molecular weight excluding hydrogens is 148 g/mol. The third-order valence-corrected chi connectivity index (χ3v) is 2.98. The van der Waals surface area contributed by atoms with E-state index in [4.69, 9.17) is 0 Å². The zero-order valence-corrected chi connectivity index (χ0v) is 8.43. The first-order valence-electron chi connectivity index (χ1n) is 4.73. The Hall–Kier alpha value is -0.500. The van der Waals surface area contributed by atoms with Gasteiger partial charge in [-0.2, -0.15) is 0 Å². The van der Waals surface area contributed by atoms with Gasteiger partial charge in [0.2, 0.25) is 0 Å². The Kier molecular flexibility index (Phi) is 3.15. The number of likely N-dealkylation sites (tertiary alicyclic amines) is 1. The predicted molar refractivity (Wildman–Crippen MR) is 53.1 cm³/mol. The molecule has 0 radical (unpaired) electrons. The third-order valence-electron chi connectivity index (χ3n) is 2.98. The van der Waals surface area contributed by atoms with Crippen LogP contribution in [0.3, 0.4) is 0 Å². The van der Waals surface area contributed by atoms with Gasteiger partial charge in [0, 0.05) is 24.8 Å². The highest BCUT2D eigenvalue weighted by atomic mass is 15.1. The summed E-state index contributed by atoms with van der Waals surface area (Å²) < 4.78 is 0. The van der Waals surface area contributed by atoms with Crippen LogP contribution in [0.2, 0.25) is 0 Å². The van der Waals surface area contributed by atoms with E-state index in [0.717, 1.165) is 6.42 Å². The molecule has 1 N–H and O–H groups in total. The number of nitrogens with zero attached hydrogens (tertiary/aromatic N) is 1. The quantitative estimate of drug-likeness (QED) is 0.639. The Morgan fingerprint density at radius 3 is 2.83 bits per heavy atom. The van der Waals surface area contributed by atoms with Crippen LogP contribution in [0.25, 0.3) is 0 Å². The number of rotatable bonds is 1. The molecule has 0 saturated carbocycles. The van der Waals surface area contributed by atoms with Gasteiger partial charge in [-0.3, -0.25) is 0 Å². The normalized spacial score (nSPS) is 31.9. The SMILES string of the molecule is C=C1CCC(NC)CC(C)N1C. The average Bonchev–Trinajstić information content (AvgIpc) is 2.19. The van der Waals surface area contributed by atoms with Crippen LogP contribution in [-0.4, -0.2) is 31.1 Å². The van der Waals surface area contributed by atoms with Crippen LogP contribution in [0.1, 0.15) is 26.2 Å². The van der Waals surface area contributed by atoms with E-state index in [9.17, 15) is 0 Å². The Morgan fingerprint density at radius 2 is 2.25 bits per heavy atom. The summed E-state index contributed by atoms with van der Waals surface area (Å²) in [6, 6.07) is 1.29. The predicted octanol–water partition coefficient (Wildman–Crippen LogP) is 1.59. The fraction of sp³-hybridized carbons (Fsp3) is 0.800. The maximum Gasteiger partial charge on any atom is 0.0270 e. The van der Waals surface area contributed by atoms with E-state index in [1.165, 1.54) is 18.5 Å². The molecule has 1 aliphatic rings. The van der Waals surface area contributed by atoms with Gasteiger partial charge in [-0.05, 0) is 33.2 Å². The molecule has 0 aromatic heterocycles. The molecule has 1 rings (SSSR count). The van der Waals surface area contributed by atoms with E-state index in [1.807, 2.05) is 7.05 Å². The highest BCUT2D eigenvalue weighted by Gasteiger charge is 2.20. The lowest BCUT2D eigenvalue weighted by molar-refractivity contribution is 0.303. The molecule has 0 aliphatic carbocycles. The van der Waals surface area contributed by atoms with Crippen LogP contribution in [0.5, 0.6) is 0 Å². The zero-order chi connectivity index (χ0) is 9.14. The van der Waals surface area contributed by atoms with E-state index in [-0.39, 0.29) is 0 Å². The van der Waals surface area contributed by atoms with Gasteiger partial charge in [-0.1, -0.05) is 6.58 Å². The highest BCUT2D eigenvalue weighted by molar-refractivity contribution is 4.99. The van der Waals surface area contributed by atoms with E-state index < -0.39 is 0 Å². The largest absolute Gasteiger partial charge is 0.376 e. The first-order chi connectivity index (χ1) is 5.65. The van der Waals surface area contributed by atoms with E-state index in [0.29, 0.717) is 12.1 Å². The molecule has 70 valence electrons. The molecule has 0 spiro atoms. The van der Waals surface area contributed by atoms with Gasteiger partial charge >= 0.3 is 0 Å². The minimum Gasteiger partial charge on any atom is -0.376 e. The second-order valence-electron chi connectivity index (χ2n) is 3.79. The summed E-state index contributed by atoms with van der Waals surface area (Å²) in [6.45, 7) is 6.34. The van der Waals surface area contributed by atoms with Crippen LogP contribution in [0, 0.1) is 0 Å². The van der Waals surface area contributed by atoms with Gasteiger partial charge in [-0.15, -0.1) is 0 Å². The maximum absolute atomic E-state index is 4.07. The molecule has 1 fully saturated rings. The second kappa shape index (κ2) is 3.94. The highest BCUT2D eigenvalue weighted by Crippen LogP contribution is 2.21. The van der Waals surface area contributed by atoms with Crippen molar-refractivity contribution in [3.05, 3.63) is 12.3 Å². The Morgan fingerprint density at radius 1 is 1.58 bits per heavy atom. The summed E-state index contributed by atoms with van der Waals surface area (Å²) in [4.78, 5) is 2.30. The van der Waals surface area contributed by atoms with Crippen molar-refractivity contribution in [2.45, 2.75) is 38.3 Å². The summed E-state index contributed by atoms with van der Waals surface area (Å²) >= 11 is 0. The van der Waals surface area contributed by atoms with Crippen LogP contribution in [0.15, 0.2) is 12.3 Å². The molecule has 0 aromatic carbocycles. The van der Waals surface area contributed by atoms with Crippen molar-refractivity contribution >= 4 is 0 Å². The van der Waals surface area contributed by atoms with E-state index in [2.05, 4.69) is 30.8 Å². The van der Waals surface area contributed by atoms with Gasteiger partial charge in [0.15, 0.2) is 0 Å². The molecule has 1 heterocycles. The topological polar surface area (TPSA) is 15.3 Å². The van der Waals surface area contributed by atoms with Crippen molar-refractivity contribution in [2.75, 3.05) is 14.1 Å². The van der Waals surface area contributed by atoms with Gasteiger partial charge in [0.05, 0.1) is 0 Å². The average molecular weight is 168 g/mol. The summed E-state index contributed by atoms with van der Waals surface area (Å²) in [5.41, 5.74) is 1.28. The van der Waals surface area contributed by atoms with Crippen molar-refractivity contribution in [3.8, 4) is 0 Å². The van der Waals surface area contributed by atoms with E-state index in [1.54, 1.807) is 0 Å². The van der Waals surface area contributed by atoms with Crippen molar-refractivity contribution in [1.29, 1.82) is 0 Å². The smallest absolute Gasteiger partial charge is 0.0270 e. The van der Waals surface area contributed by atoms with Gasteiger partial charge < -0.3 is 10.2 Å². The first-order valence-corrected chi connectivity index (χ1v) is 4.73. The minimum absolute atomic E-state index is 0.623. The molecule has 1 saturated heterocycles. The van der Waals surface area contributed by atoms with Crippen LogP contribution in [-0.2, 0) is 0 Å². The lowest BCUT2D eigenvalue weighted by Crippen LogP contribution is -2.32. The first kappa shape index (κ1) is 9.59. The maximum atomic E-state index is 4.07. The van der Waals surface area contributed by atoms with Gasteiger partial charge in [0.25, 0.3) is 0 Å². The number of hydrogen-bond acceptors (Lipinski definition) is 2. The summed E-state index contributed by atoms with van der Waals surface area (Å²) in [6.07, 6.45) is 3.59. The summed E-state index contributed by atoms with van der Waals surface area (Å²) in [5.74, 6) is 0. The van der Waals surface area contributed by atoms with Crippen molar-refractivity contribution < 1.29 is 0 Å². The second-order valence-corrected chi connectivity index (χ2v) is 3.79. The number of allylic oxidation sites excluding steroid dienone is 1. The zero-order valence-electron chi connectivity index (χ0n) is 8.43. The van der Waals surface area contributed by atoms with Crippen LogP contribution >= 0.6 is 0 Å². The fourth-order valence-electron chi connectivity index (χ4n) is 1.78. The van der Waals surface area contributed by atoms with Crippen molar-refractivity contribution in [2.24, 2.45) is 0 Å². The Balaban J connectivity index is 2.59. The number of nitrogens with one attached hydrogen (secondary N) is 1. The Labute approximate surface area is 75.6 Å². The van der Waals surface area contributed by atoms with E-state index >= 15 is 0 Å². The van der Waals surface area contributed by atoms with Crippen LogP contribution < -0.4 is 5.32 Å². The molecule has 0 bridgehead atoms. The molecule has 0 amide bonds. The molecule has 0 aromatic rings. The molecule has 12 heavy (non-hydrogen) atoms. The molecular formula is C10H20N2. The van der Waals surface area contributed by atoms with Crippen LogP contribution in [0.4, 0.5) is 0 Å². The molecule has 2 heteroatoms. The molecule has 2 unspecified atom stereocenters. The standard InChI is InChI=1S/C10H20N2/c1-8-5-6-10(11-3)7-9(2)12(8)4/h9-11H,1,5-7H2,2-4H3. The molecule has 1 aliphatic heterocycles. The van der Waals surface area contributed by atoms with Gasteiger partial charge in [0.1, 0.15) is 0 Å².